The second-order valence-corrected chi connectivity index (χ2v) is 5.06. The van der Waals surface area contributed by atoms with E-state index >= 15 is 0 Å². The number of amides is 1. The van der Waals surface area contributed by atoms with Gasteiger partial charge in [0.05, 0.1) is 12.2 Å². The largest absolute Gasteiger partial charge is 0.490 e. The molecule has 0 unspecified atom stereocenters. The van der Waals surface area contributed by atoms with Crippen LogP contribution in [0.25, 0.3) is 0 Å². The Bertz CT molecular complexity index is 445. The van der Waals surface area contributed by atoms with E-state index in [1.807, 2.05) is 25.1 Å². The maximum absolute atomic E-state index is 12.4. The molecule has 1 saturated heterocycles. The van der Waals surface area contributed by atoms with Crippen LogP contribution in [0.3, 0.4) is 0 Å². The van der Waals surface area contributed by atoms with Crippen LogP contribution in [0.5, 0.6) is 5.75 Å². The molecular weight excluding hydrogens is 268 g/mol. The number of piperidine rings is 1. The summed E-state index contributed by atoms with van der Waals surface area (Å²) in [6.07, 6.45) is 2.11. The Hall–Kier alpha value is -1.59. The van der Waals surface area contributed by atoms with Gasteiger partial charge >= 0.3 is 0 Å². The molecule has 1 fully saturated rings. The van der Waals surface area contributed by atoms with Crippen molar-refractivity contribution in [1.82, 2.24) is 10.6 Å². The number of carbonyl (C=O) groups excluding carboxylic acids is 1. The van der Waals surface area contributed by atoms with E-state index in [0.29, 0.717) is 31.1 Å². The third kappa shape index (κ3) is 5.02. The summed E-state index contributed by atoms with van der Waals surface area (Å²) in [5.74, 6) is 0.536. The lowest BCUT2D eigenvalue weighted by molar-refractivity contribution is 0.0915. The number of carbonyl (C=O) groups is 1. The van der Waals surface area contributed by atoms with Crippen molar-refractivity contribution >= 4 is 5.91 Å². The summed E-state index contributed by atoms with van der Waals surface area (Å²) >= 11 is 0. The van der Waals surface area contributed by atoms with Crippen molar-refractivity contribution in [2.24, 2.45) is 0 Å². The zero-order chi connectivity index (χ0) is 14.9. The number of para-hydroxylation sites is 1. The first-order chi connectivity index (χ1) is 10.3. The monoisotopic (exact) mass is 292 g/mol. The van der Waals surface area contributed by atoms with Gasteiger partial charge in [-0.1, -0.05) is 12.1 Å². The highest BCUT2D eigenvalue weighted by Crippen LogP contribution is 2.18. The van der Waals surface area contributed by atoms with E-state index in [9.17, 15) is 4.79 Å². The average Bonchev–Trinajstić information content (AvgIpc) is 2.53. The van der Waals surface area contributed by atoms with Crippen LogP contribution in [-0.4, -0.2) is 44.9 Å². The van der Waals surface area contributed by atoms with Crippen molar-refractivity contribution in [3.05, 3.63) is 29.8 Å². The van der Waals surface area contributed by atoms with Crippen LogP contribution >= 0.6 is 0 Å². The third-order valence-electron chi connectivity index (χ3n) is 3.45. The molecule has 0 aromatic heterocycles. The molecular formula is C16H24N2O3. The van der Waals surface area contributed by atoms with Gasteiger partial charge in [0.15, 0.2) is 0 Å². The van der Waals surface area contributed by atoms with Gasteiger partial charge in [0.25, 0.3) is 5.91 Å². The van der Waals surface area contributed by atoms with Gasteiger partial charge in [0, 0.05) is 19.2 Å². The summed E-state index contributed by atoms with van der Waals surface area (Å²) in [6, 6.07) is 7.53. The summed E-state index contributed by atoms with van der Waals surface area (Å²) in [6.45, 7) is 5.45. The Balaban J connectivity index is 1.92. The lowest BCUT2D eigenvalue weighted by Gasteiger charge is -2.24. The molecule has 2 rings (SSSR count). The van der Waals surface area contributed by atoms with E-state index in [-0.39, 0.29) is 11.9 Å². The molecule has 1 aromatic rings. The molecule has 1 aliphatic heterocycles. The van der Waals surface area contributed by atoms with Crippen LogP contribution in [-0.2, 0) is 4.74 Å². The molecule has 1 heterocycles. The summed E-state index contributed by atoms with van der Waals surface area (Å²) in [5, 5.41) is 6.36. The molecule has 0 saturated carbocycles. The van der Waals surface area contributed by atoms with Crippen molar-refractivity contribution in [2.45, 2.75) is 25.8 Å². The summed E-state index contributed by atoms with van der Waals surface area (Å²) in [7, 11) is 0. The van der Waals surface area contributed by atoms with E-state index in [1.54, 1.807) is 6.07 Å². The minimum atomic E-state index is -0.0734. The first-order valence-electron chi connectivity index (χ1n) is 7.62. The summed E-state index contributed by atoms with van der Waals surface area (Å²) in [4.78, 5) is 12.4. The predicted molar refractivity (Wildman–Crippen MR) is 81.8 cm³/mol. The van der Waals surface area contributed by atoms with Crippen LogP contribution in [0.15, 0.2) is 24.3 Å². The van der Waals surface area contributed by atoms with E-state index in [4.69, 9.17) is 9.47 Å². The Morgan fingerprint density at radius 2 is 2.24 bits per heavy atom. The molecule has 116 valence electrons. The van der Waals surface area contributed by atoms with Gasteiger partial charge in [0.2, 0.25) is 0 Å². The van der Waals surface area contributed by atoms with Gasteiger partial charge in [-0.2, -0.15) is 0 Å². The highest BCUT2D eigenvalue weighted by atomic mass is 16.5. The normalized spacial score (nSPS) is 18.2. The van der Waals surface area contributed by atoms with Gasteiger partial charge in [0.1, 0.15) is 12.4 Å². The number of hydrogen-bond donors (Lipinski definition) is 2. The van der Waals surface area contributed by atoms with E-state index in [0.717, 1.165) is 25.9 Å². The van der Waals surface area contributed by atoms with E-state index in [2.05, 4.69) is 10.6 Å². The van der Waals surface area contributed by atoms with Crippen LogP contribution in [0.4, 0.5) is 0 Å². The fourth-order valence-electron chi connectivity index (χ4n) is 2.37. The Morgan fingerprint density at radius 3 is 3.00 bits per heavy atom. The van der Waals surface area contributed by atoms with Gasteiger partial charge in [-0.3, -0.25) is 4.79 Å². The van der Waals surface area contributed by atoms with E-state index < -0.39 is 0 Å². The molecule has 0 bridgehead atoms. The van der Waals surface area contributed by atoms with Crippen molar-refractivity contribution in [2.75, 3.05) is 32.9 Å². The molecule has 0 radical (unpaired) electrons. The maximum atomic E-state index is 12.4. The summed E-state index contributed by atoms with van der Waals surface area (Å²) in [5.41, 5.74) is 0.583. The second-order valence-electron chi connectivity index (χ2n) is 5.06. The van der Waals surface area contributed by atoms with Gasteiger partial charge < -0.3 is 20.1 Å². The lowest BCUT2D eigenvalue weighted by Crippen LogP contribution is -2.45. The smallest absolute Gasteiger partial charge is 0.255 e. The van der Waals surface area contributed by atoms with E-state index in [1.165, 1.54) is 0 Å². The molecule has 0 spiro atoms. The standard InChI is InChI=1S/C16H24N2O3/c1-2-20-10-11-21-15-8-4-3-7-14(15)16(19)18-13-6-5-9-17-12-13/h3-4,7-8,13,17H,2,5-6,9-12H2,1H3,(H,18,19)/t13-/m0/s1. The molecule has 5 heteroatoms. The minimum Gasteiger partial charge on any atom is -0.490 e. The fourth-order valence-corrected chi connectivity index (χ4v) is 2.37. The Morgan fingerprint density at radius 1 is 1.38 bits per heavy atom. The first kappa shape index (κ1) is 15.8. The molecule has 5 nitrogen and oxygen atoms in total. The number of hydrogen-bond acceptors (Lipinski definition) is 4. The fraction of sp³-hybridized carbons (Fsp3) is 0.562. The highest BCUT2D eigenvalue weighted by molar-refractivity contribution is 5.97. The van der Waals surface area contributed by atoms with Crippen molar-refractivity contribution in [3.8, 4) is 5.75 Å². The SMILES string of the molecule is CCOCCOc1ccccc1C(=O)N[C@H]1CCCNC1. The second kappa shape index (κ2) is 8.64. The van der Waals surface area contributed by atoms with Crippen LogP contribution in [0.1, 0.15) is 30.1 Å². The zero-order valence-corrected chi connectivity index (χ0v) is 12.6. The molecule has 2 N–H and O–H groups in total. The molecule has 0 aliphatic carbocycles. The Labute approximate surface area is 126 Å². The number of ether oxygens (including phenoxy) is 2. The van der Waals surface area contributed by atoms with Gasteiger partial charge in [-0.05, 0) is 38.4 Å². The lowest BCUT2D eigenvalue weighted by atomic mass is 10.1. The van der Waals surface area contributed by atoms with Crippen LogP contribution < -0.4 is 15.4 Å². The average molecular weight is 292 g/mol. The number of benzene rings is 1. The topological polar surface area (TPSA) is 59.6 Å². The highest BCUT2D eigenvalue weighted by Gasteiger charge is 2.18. The van der Waals surface area contributed by atoms with Crippen LogP contribution in [0, 0.1) is 0 Å². The molecule has 1 aliphatic rings. The number of rotatable bonds is 7. The Kier molecular flexibility index (Phi) is 6.50. The van der Waals surface area contributed by atoms with Gasteiger partial charge in [-0.25, -0.2) is 0 Å². The molecule has 21 heavy (non-hydrogen) atoms. The molecule has 1 amide bonds. The minimum absolute atomic E-state index is 0.0734. The third-order valence-corrected chi connectivity index (χ3v) is 3.45. The van der Waals surface area contributed by atoms with Crippen molar-refractivity contribution in [1.29, 1.82) is 0 Å². The molecule has 1 atom stereocenters. The number of nitrogens with one attached hydrogen (secondary N) is 2. The quantitative estimate of drug-likeness (QED) is 0.749. The molecule has 1 aromatic carbocycles. The zero-order valence-electron chi connectivity index (χ0n) is 12.6. The summed E-state index contributed by atoms with van der Waals surface area (Å²) < 4.78 is 10.9. The van der Waals surface area contributed by atoms with Gasteiger partial charge in [-0.15, -0.1) is 0 Å². The van der Waals surface area contributed by atoms with Crippen molar-refractivity contribution in [3.63, 3.8) is 0 Å². The predicted octanol–water partition coefficient (Wildman–Crippen LogP) is 1.58. The van der Waals surface area contributed by atoms with Crippen molar-refractivity contribution < 1.29 is 14.3 Å². The first-order valence-corrected chi connectivity index (χ1v) is 7.62. The van der Waals surface area contributed by atoms with Crippen LogP contribution in [0.2, 0.25) is 0 Å². The maximum Gasteiger partial charge on any atom is 0.255 e.